The first-order valence-electron chi connectivity index (χ1n) is 10.7. The average molecular weight is 467 g/mol. The second kappa shape index (κ2) is 11.0. The van der Waals surface area contributed by atoms with Crippen LogP contribution in [0.25, 0.3) is 0 Å². The molecule has 170 valence electrons. The molecule has 0 fully saturated rings. The standard InChI is InChI=1S/C22H30N2O5S2/c1-3-16(4-2)22(20-7-5-14-30-20)24-21(25)10-11-23-31(26,27)17-8-9-18-19(15-17)29-13-6-12-28-18/h5,7-9,14-16,22-23H,3-4,6,10-13H2,1-2H3,(H,24,25). The quantitative estimate of drug-likeness (QED) is 0.554. The smallest absolute Gasteiger partial charge is 0.240 e. The number of carbonyl (C=O) groups excluding carboxylic acids is 1. The number of sulfonamides is 1. The van der Waals surface area contributed by atoms with Gasteiger partial charge in [-0.2, -0.15) is 0 Å². The van der Waals surface area contributed by atoms with E-state index in [-0.39, 0.29) is 29.8 Å². The van der Waals surface area contributed by atoms with Crippen LogP contribution in [-0.4, -0.2) is 34.1 Å². The Hall–Kier alpha value is -2.10. The highest BCUT2D eigenvalue weighted by Crippen LogP contribution is 2.32. The molecule has 1 aliphatic heterocycles. The van der Waals surface area contributed by atoms with Gasteiger partial charge in [-0.15, -0.1) is 11.3 Å². The Labute approximate surface area is 188 Å². The van der Waals surface area contributed by atoms with Crippen LogP contribution in [0.2, 0.25) is 0 Å². The van der Waals surface area contributed by atoms with Crippen molar-refractivity contribution in [2.75, 3.05) is 19.8 Å². The molecule has 0 radical (unpaired) electrons. The molecule has 1 aromatic heterocycles. The average Bonchev–Trinajstić information content (AvgIpc) is 3.18. The van der Waals surface area contributed by atoms with Gasteiger partial charge in [0.2, 0.25) is 15.9 Å². The molecule has 9 heteroatoms. The maximum absolute atomic E-state index is 12.7. The van der Waals surface area contributed by atoms with Crippen LogP contribution in [0.4, 0.5) is 0 Å². The van der Waals surface area contributed by atoms with E-state index in [1.54, 1.807) is 17.4 Å². The lowest BCUT2D eigenvalue weighted by Gasteiger charge is -2.25. The van der Waals surface area contributed by atoms with E-state index in [2.05, 4.69) is 23.9 Å². The molecule has 0 saturated carbocycles. The second-order valence-corrected chi connectivity index (χ2v) is 10.2. The number of nitrogens with one attached hydrogen (secondary N) is 2. The molecule has 1 atom stereocenters. The number of hydrogen-bond acceptors (Lipinski definition) is 6. The molecule has 0 saturated heterocycles. The third-order valence-electron chi connectivity index (χ3n) is 5.36. The highest BCUT2D eigenvalue weighted by atomic mass is 32.2. The molecule has 2 heterocycles. The molecule has 7 nitrogen and oxygen atoms in total. The lowest BCUT2D eigenvalue weighted by atomic mass is 9.93. The van der Waals surface area contributed by atoms with Crippen molar-refractivity contribution < 1.29 is 22.7 Å². The summed E-state index contributed by atoms with van der Waals surface area (Å²) in [5.74, 6) is 1.12. The third kappa shape index (κ3) is 6.21. The van der Waals surface area contributed by atoms with Crippen LogP contribution in [-0.2, 0) is 14.8 Å². The Morgan fingerprint density at radius 1 is 1.13 bits per heavy atom. The van der Waals surface area contributed by atoms with Gasteiger partial charge in [0, 0.05) is 30.3 Å². The fourth-order valence-corrected chi connectivity index (χ4v) is 5.50. The monoisotopic (exact) mass is 466 g/mol. The minimum absolute atomic E-state index is 0.0166. The van der Waals surface area contributed by atoms with Crippen LogP contribution in [0.15, 0.2) is 40.6 Å². The predicted octanol–water partition coefficient (Wildman–Crippen LogP) is 3.87. The second-order valence-electron chi connectivity index (χ2n) is 7.44. The van der Waals surface area contributed by atoms with E-state index in [4.69, 9.17) is 9.47 Å². The number of amides is 1. The molecule has 2 aromatic rings. The number of fused-ring (bicyclic) bond motifs is 1. The van der Waals surface area contributed by atoms with Crippen LogP contribution in [0.5, 0.6) is 11.5 Å². The van der Waals surface area contributed by atoms with E-state index in [1.807, 2.05) is 17.5 Å². The highest BCUT2D eigenvalue weighted by molar-refractivity contribution is 7.89. The summed E-state index contributed by atoms with van der Waals surface area (Å²) in [6.07, 6.45) is 2.71. The first kappa shape index (κ1) is 23.6. The van der Waals surface area contributed by atoms with E-state index >= 15 is 0 Å². The highest BCUT2D eigenvalue weighted by Gasteiger charge is 2.24. The van der Waals surface area contributed by atoms with Gasteiger partial charge in [0.15, 0.2) is 11.5 Å². The van der Waals surface area contributed by atoms with E-state index in [1.165, 1.54) is 12.1 Å². The van der Waals surface area contributed by atoms with Crippen molar-refractivity contribution in [3.63, 3.8) is 0 Å². The minimum Gasteiger partial charge on any atom is -0.490 e. The molecule has 2 N–H and O–H groups in total. The zero-order valence-electron chi connectivity index (χ0n) is 17.9. The van der Waals surface area contributed by atoms with Gasteiger partial charge in [0.1, 0.15) is 0 Å². The van der Waals surface area contributed by atoms with E-state index in [0.29, 0.717) is 30.6 Å². The van der Waals surface area contributed by atoms with Gasteiger partial charge in [0.05, 0.1) is 24.2 Å². The summed E-state index contributed by atoms with van der Waals surface area (Å²) in [5.41, 5.74) is 0. The van der Waals surface area contributed by atoms with E-state index < -0.39 is 10.0 Å². The largest absolute Gasteiger partial charge is 0.490 e. The molecule has 1 unspecified atom stereocenters. The maximum atomic E-state index is 12.7. The van der Waals surface area contributed by atoms with Crippen LogP contribution in [0.3, 0.4) is 0 Å². The van der Waals surface area contributed by atoms with Crippen LogP contribution < -0.4 is 19.5 Å². The van der Waals surface area contributed by atoms with Gasteiger partial charge >= 0.3 is 0 Å². The van der Waals surface area contributed by atoms with Gasteiger partial charge in [-0.05, 0) is 29.5 Å². The predicted molar refractivity (Wildman–Crippen MR) is 121 cm³/mol. The first-order chi connectivity index (χ1) is 14.9. The minimum atomic E-state index is -3.76. The molecule has 1 aliphatic rings. The van der Waals surface area contributed by atoms with Crippen LogP contribution >= 0.6 is 11.3 Å². The van der Waals surface area contributed by atoms with Crippen LogP contribution in [0, 0.1) is 5.92 Å². The summed E-state index contributed by atoms with van der Waals surface area (Å²) >= 11 is 1.62. The van der Waals surface area contributed by atoms with Crippen molar-refractivity contribution in [1.82, 2.24) is 10.0 Å². The van der Waals surface area contributed by atoms with Gasteiger partial charge in [-0.3, -0.25) is 4.79 Å². The fourth-order valence-electron chi connectivity index (χ4n) is 3.59. The molecular weight excluding hydrogens is 436 g/mol. The van der Waals surface area contributed by atoms with Crippen molar-refractivity contribution in [3.05, 3.63) is 40.6 Å². The third-order valence-corrected chi connectivity index (χ3v) is 7.77. The SMILES string of the molecule is CCC(CC)C(NC(=O)CCNS(=O)(=O)c1ccc2c(c1)OCCCO2)c1cccs1. The Morgan fingerprint density at radius 3 is 2.55 bits per heavy atom. The number of rotatable bonds is 10. The lowest BCUT2D eigenvalue weighted by Crippen LogP contribution is -2.35. The number of carbonyl (C=O) groups is 1. The summed E-state index contributed by atoms with van der Waals surface area (Å²) in [6, 6.07) is 8.49. The topological polar surface area (TPSA) is 93.7 Å². The normalized spacial score (nSPS) is 14.8. The summed E-state index contributed by atoms with van der Waals surface area (Å²) in [4.78, 5) is 13.8. The van der Waals surface area contributed by atoms with Crippen molar-refractivity contribution in [3.8, 4) is 11.5 Å². The Kier molecular flexibility index (Phi) is 8.34. The lowest BCUT2D eigenvalue weighted by molar-refractivity contribution is -0.122. The molecule has 0 spiro atoms. The number of benzene rings is 1. The first-order valence-corrected chi connectivity index (χ1v) is 13.0. The Balaban J connectivity index is 1.58. The van der Waals surface area contributed by atoms with Crippen molar-refractivity contribution >= 4 is 27.3 Å². The van der Waals surface area contributed by atoms with Gasteiger partial charge < -0.3 is 14.8 Å². The Morgan fingerprint density at radius 2 is 1.87 bits per heavy atom. The summed E-state index contributed by atoms with van der Waals surface area (Å²) in [7, 11) is -3.76. The van der Waals surface area contributed by atoms with E-state index in [0.717, 1.165) is 24.1 Å². The van der Waals surface area contributed by atoms with Crippen molar-refractivity contribution in [1.29, 1.82) is 0 Å². The van der Waals surface area contributed by atoms with Gasteiger partial charge in [0.25, 0.3) is 0 Å². The summed E-state index contributed by atoms with van der Waals surface area (Å²) in [6.45, 7) is 5.26. The fraction of sp³-hybridized carbons (Fsp3) is 0.500. The molecule has 1 aromatic carbocycles. The molecule has 3 rings (SSSR count). The number of ether oxygens (including phenoxy) is 2. The zero-order chi connectivity index (χ0) is 22.3. The molecule has 31 heavy (non-hydrogen) atoms. The molecule has 0 bridgehead atoms. The molecular formula is C22H30N2O5S2. The van der Waals surface area contributed by atoms with Crippen molar-refractivity contribution in [2.45, 2.75) is 50.5 Å². The number of hydrogen-bond donors (Lipinski definition) is 2. The van der Waals surface area contributed by atoms with E-state index in [9.17, 15) is 13.2 Å². The number of thiophene rings is 1. The maximum Gasteiger partial charge on any atom is 0.240 e. The Bertz CT molecular complexity index is 956. The summed E-state index contributed by atoms with van der Waals surface area (Å²) < 4.78 is 38.9. The molecule has 0 aliphatic carbocycles. The summed E-state index contributed by atoms with van der Waals surface area (Å²) in [5, 5.41) is 5.10. The van der Waals surface area contributed by atoms with Crippen LogP contribution in [0.1, 0.15) is 50.4 Å². The zero-order valence-corrected chi connectivity index (χ0v) is 19.6. The molecule has 1 amide bonds. The van der Waals surface area contributed by atoms with Gasteiger partial charge in [-0.1, -0.05) is 32.8 Å². The van der Waals surface area contributed by atoms with Crippen molar-refractivity contribution in [2.24, 2.45) is 5.92 Å². The van der Waals surface area contributed by atoms with Gasteiger partial charge in [-0.25, -0.2) is 13.1 Å².